The summed E-state index contributed by atoms with van der Waals surface area (Å²) in [6, 6.07) is 0.786. The molecule has 5 nitrogen and oxygen atoms in total. The number of nitrogen functional groups attached to an aromatic ring is 1. The Kier molecular flexibility index (Phi) is 3.93. The molecular weight excluding hydrogens is 242 g/mol. The highest BCUT2D eigenvalue weighted by Gasteiger charge is 2.21. The molecule has 0 bridgehead atoms. The molecule has 0 radical (unpaired) electrons. The van der Waals surface area contributed by atoms with Crippen LogP contribution >= 0.6 is 0 Å². The van der Waals surface area contributed by atoms with Crippen LogP contribution in [0.25, 0.3) is 0 Å². The Balaban J connectivity index is 2.30. The average Bonchev–Trinajstić information content (AvgIpc) is 2.54. The van der Waals surface area contributed by atoms with Gasteiger partial charge in [0.1, 0.15) is 0 Å². The van der Waals surface area contributed by atoms with Gasteiger partial charge in [0, 0.05) is 25.8 Å². The number of nitrogens with one attached hydrogen (secondary N) is 1. The van der Waals surface area contributed by atoms with Gasteiger partial charge in [-0.1, -0.05) is 0 Å². The fraction of sp³-hybridized carbons (Fsp3) is 0.545. The van der Waals surface area contributed by atoms with Crippen LogP contribution in [0.1, 0.15) is 13.3 Å². The topological polar surface area (TPSA) is 63.4 Å². The number of nitrogens with zero attached hydrogens (tertiary/aromatic N) is 2. The number of nitrogens with two attached hydrogens (primary N) is 1. The maximum Gasteiger partial charge on any atom is 0.178 e. The summed E-state index contributed by atoms with van der Waals surface area (Å²) in [6.45, 7) is 3.66. The molecule has 0 amide bonds. The Morgan fingerprint density at radius 1 is 1.50 bits per heavy atom. The van der Waals surface area contributed by atoms with Gasteiger partial charge in [-0.25, -0.2) is 19.6 Å². The van der Waals surface area contributed by atoms with E-state index in [0.29, 0.717) is 19.7 Å². The Bertz CT molecular complexity index is 430. The van der Waals surface area contributed by atoms with Crippen LogP contribution < -0.4 is 16.2 Å². The van der Waals surface area contributed by atoms with Crippen LogP contribution in [0.4, 0.5) is 20.4 Å². The molecule has 1 atom stereocenters. The lowest BCUT2D eigenvalue weighted by Crippen LogP contribution is -2.32. The molecule has 3 N–H and O–H groups in total. The molecular formula is C11H16F2N4O. The standard InChI is InChI=1S/C11H16F2N4O/c1-7-6-17(3-2-4-18-7)11-9(13)5-8(12)10(15-11)16-14/h5,7H,2-4,6,14H2,1H3,(H,15,16). The summed E-state index contributed by atoms with van der Waals surface area (Å²) in [6.07, 6.45) is 0.752. The minimum absolute atomic E-state index is 0.0203. The fourth-order valence-corrected chi connectivity index (χ4v) is 1.97. The van der Waals surface area contributed by atoms with Crippen molar-refractivity contribution in [3.05, 3.63) is 17.7 Å². The third-order valence-electron chi connectivity index (χ3n) is 2.80. The zero-order valence-corrected chi connectivity index (χ0v) is 10.1. The molecule has 1 unspecified atom stereocenters. The smallest absolute Gasteiger partial charge is 0.178 e. The lowest BCUT2D eigenvalue weighted by atomic mass is 10.3. The molecule has 2 heterocycles. The molecule has 2 rings (SSSR count). The highest BCUT2D eigenvalue weighted by Crippen LogP contribution is 2.23. The normalized spacial score (nSPS) is 20.7. The second kappa shape index (κ2) is 5.45. The fourth-order valence-electron chi connectivity index (χ4n) is 1.97. The molecule has 0 aromatic carbocycles. The van der Waals surface area contributed by atoms with Gasteiger partial charge < -0.3 is 15.1 Å². The summed E-state index contributed by atoms with van der Waals surface area (Å²) in [5, 5.41) is 0. The minimum Gasteiger partial charge on any atom is -0.377 e. The van der Waals surface area contributed by atoms with E-state index in [1.165, 1.54) is 0 Å². The zero-order chi connectivity index (χ0) is 13.1. The molecule has 1 saturated heterocycles. The molecule has 1 aliphatic heterocycles. The van der Waals surface area contributed by atoms with Gasteiger partial charge in [0.2, 0.25) is 0 Å². The molecule has 1 fully saturated rings. The van der Waals surface area contributed by atoms with Gasteiger partial charge in [0.05, 0.1) is 6.10 Å². The van der Waals surface area contributed by atoms with E-state index in [1.807, 2.05) is 6.92 Å². The van der Waals surface area contributed by atoms with E-state index in [-0.39, 0.29) is 17.7 Å². The number of halogens is 2. The molecule has 1 aromatic rings. The maximum absolute atomic E-state index is 13.8. The van der Waals surface area contributed by atoms with Crippen molar-refractivity contribution in [3.8, 4) is 0 Å². The van der Waals surface area contributed by atoms with Crippen molar-refractivity contribution in [1.82, 2.24) is 4.98 Å². The lowest BCUT2D eigenvalue weighted by molar-refractivity contribution is 0.0820. The summed E-state index contributed by atoms with van der Waals surface area (Å²) in [4.78, 5) is 5.62. The molecule has 0 spiro atoms. The highest BCUT2D eigenvalue weighted by atomic mass is 19.1. The van der Waals surface area contributed by atoms with Crippen LogP contribution in [0, 0.1) is 11.6 Å². The summed E-state index contributed by atoms with van der Waals surface area (Å²) in [5.41, 5.74) is 2.12. The van der Waals surface area contributed by atoms with Crippen LogP contribution in [0.15, 0.2) is 6.07 Å². The lowest BCUT2D eigenvalue weighted by Gasteiger charge is -2.24. The molecule has 0 aliphatic carbocycles. The summed E-state index contributed by atoms with van der Waals surface area (Å²) >= 11 is 0. The van der Waals surface area contributed by atoms with Crippen molar-refractivity contribution in [3.63, 3.8) is 0 Å². The highest BCUT2D eigenvalue weighted by molar-refractivity contribution is 5.49. The van der Waals surface area contributed by atoms with E-state index in [9.17, 15) is 8.78 Å². The molecule has 0 saturated carbocycles. The number of hydrogen-bond donors (Lipinski definition) is 2. The van der Waals surface area contributed by atoms with Crippen LogP contribution in [0.3, 0.4) is 0 Å². The number of hydrazine groups is 1. The van der Waals surface area contributed by atoms with Crippen LogP contribution in [-0.4, -0.2) is 30.8 Å². The van der Waals surface area contributed by atoms with Crippen molar-refractivity contribution in [2.75, 3.05) is 30.0 Å². The van der Waals surface area contributed by atoms with Crippen molar-refractivity contribution in [2.24, 2.45) is 5.84 Å². The number of rotatable bonds is 2. The molecule has 18 heavy (non-hydrogen) atoms. The predicted octanol–water partition coefficient (Wildman–Crippen LogP) is 1.26. The molecule has 1 aromatic heterocycles. The number of aromatic nitrogens is 1. The van der Waals surface area contributed by atoms with Gasteiger partial charge in [-0.2, -0.15) is 0 Å². The molecule has 1 aliphatic rings. The SMILES string of the molecule is CC1CN(c2nc(NN)c(F)cc2F)CCCO1. The Hall–Kier alpha value is -1.47. The van der Waals surface area contributed by atoms with E-state index in [4.69, 9.17) is 10.6 Å². The van der Waals surface area contributed by atoms with Gasteiger partial charge in [-0.05, 0) is 13.3 Å². The van der Waals surface area contributed by atoms with Crippen molar-refractivity contribution < 1.29 is 13.5 Å². The van der Waals surface area contributed by atoms with Gasteiger partial charge in [-0.15, -0.1) is 0 Å². The second-order valence-corrected chi connectivity index (χ2v) is 4.25. The third-order valence-corrected chi connectivity index (χ3v) is 2.80. The predicted molar refractivity (Wildman–Crippen MR) is 64.2 cm³/mol. The third kappa shape index (κ3) is 2.68. The van der Waals surface area contributed by atoms with Crippen molar-refractivity contribution in [2.45, 2.75) is 19.4 Å². The van der Waals surface area contributed by atoms with Gasteiger partial charge in [0.15, 0.2) is 23.3 Å². The first-order valence-electron chi connectivity index (χ1n) is 5.81. The van der Waals surface area contributed by atoms with E-state index in [2.05, 4.69) is 10.4 Å². The first kappa shape index (κ1) is 13.0. The first-order chi connectivity index (χ1) is 8.61. The molecule has 7 heteroatoms. The van der Waals surface area contributed by atoms with Gasteiger partial charge >= 0.3 is 0 Å². The summed E-state index contributed by atoms with van der Waals surface area (Å²) in [7, 11) is 0. The first-order valence-corrected chi connectivity index (χ1v) is 5.81. The average molecular weight is 258 g/mol. The Morgan fingerprint density at radius 2 is 2.28 bits per heavy atom. The van der Waals surface area contributed by atoms with E-state index < -0.39 is 11.6 Å². The van der Waals surface area contributed by atoms with Crippen LogP contribution in [0.5, 0.6) is 0 Å². The number of pyridine rings is 1. The Morgan fingerprint density at radius 3 is 3.00 bits per heavy atom. The van der Waals surface area contributed by atoms with E-state index >= 15 is 0 Å². The molecule has 100 valence electrons. The Labute approximate surface area is 104 Å². The number of anilines is 2. The van der Waals surface area contributed by atoms with Crippen LogP contribution in [0.2, 0.25) is 0 Å². The van der Waals surface area contributed by atoms with Gasteiger partial charge in [0.25, 0.3) is 0 Å². The summed E-state index contributed by atoms with van der Waals surface area (Å²) in [5.74, 6) is 3.57. The second-order valence-electron chi connectivity index (χ2n) is 4.25. The number of ether oxygens (including phenoxy) is 1. The quantitative estimate of drug-likeness (QED) is 0.617. The van der Waals surface area contributed by atoms with E-state index in [1.54, 1.807) is 4.90 Å². The zero-order valence-electron chi connectivity index (χ0n) is 10.1. The maximum atomic E-state index is 13.8. The van der Waals surface area contributed by atoms with Crippen LogP contribution in [-0.2, 0) is 4.74 Å². The monoisotopic (exact) mass is 258 g/mol. The van der Waals surface area contributed by atoms with E-state index in [0.717, 1.165) is 12.5 Å². The van der Waals surface area contributed by atoms with Crippen molar-refractivity contribution >= 4 is 11.6 Å². The van der Waals surface area contributed by atoms with Gasteiger partial charge in [-0.3, -0.25) is 0 Å². The summed E-state index contributed by atoms with van der Waals surface area (Å²) < 4.78 is 32.5. The minimum atomic E-state index is -0.808. The van der Waals surface area contributed by atoms with Crippen molar-refractivity contribution in [1.29, 1.82) is 0 Å². The largest absolute Gasteiger partial charge is 0.377 e. The number of hydrogen-bond acceptors (Lipinski definition) is 5.